The summed E-state index contributed by atoms with van der Waals surface area (Å²) in [6.07, 6.45) is 16.4. The average Bonchev–Trinajstić information content (AvgIpc) is 2.64. The summed E-state index contributed by atoms with van der Waals surface area (Å²) in [6, 6.07) is 0. The van der Waals surface area contributed by atoms with E-state index in [1.54, 1.807) is 6.20 Å². The molecular formula is C22H35N3O. The molecule has 2 rings (SSSR count). The van der Waals surface area contributed by atoms with Crippen molar-refractivity contribution < 1.29 is 4.74 Å². The van der Waals surface area contributed by atoms with Crippen molar-refractivity contribution in [2.24, 2.45) is 11.0 Å². The standard InChI is InChI=1S/C22H35N3O/c1-5-23-25(6-2)19-20(3)18-24-15-13-22(14-16-24)21(4)12-10-8-7-9-11-17-26-22/h5-8,10,12,20H,2,4,9,11,13-19H2,1,3H3/b8-7-,12-10-,23-5-. The first-order valence-corrected chi connectivity index (χ1v) is 9.86. The Labute approximate surface area is 159 Å². The van der Waals surface area contributed by atoms with E-state index < -0.39 is 0 Å². The Morgan fingerprint density at radius 3 is 2.85 bits per heavy atom. The Morgan fingerprint density at radius 1 is 1.38 bits per heavy atom. The van der Waals surface area contributed by atoms with Crippen molar-refractivity contribution in [3.05, 3.63) is 49.2 Å². The van der Waals surface area contributed by atoms with Gasteiger partial charge < -0.3 is 9.64 Å². The molecular weight excluding hydrogens is 322 g/mol. The molecule has 1 unspecified atom stereocenters. The van der Waals surface area contributed by atoms with Crippen LogP contribution >= 0.6 is 0 Å². The molecule has 2 aliphatic heterocycles. The van der Waals surface area contributed by atoms with E-state index in [9.17, 15) is 0 Å². The SMILES string of the molecule is C=CN(CC(C)CN1CCC2(CC1)OCCC/C=C\C=C/C2=C)/N=C\C. The van der Waals surface area contributed by atoms with E-state index in [-0.39, 0.29) is 5.60 Å². The number of ether oxygens (including phenoxy) is 1. The van der Waals surface area contributed by atoms with Gasteiger partial charge in [-0.05, 0) is 44.1 Å². The normalized spacial score (nSPS) is 25.1. The fourth-order valence-corrected chi connectivity index (χ4v) is 3.76. The van der Waals surface area contributed by atoms with Crippen molar-refractivity contribution in [3.8, 4) is 0 Å². The van der Waals surface area contributed by atoms with Gasteiger partial charge >= 0.3 is 0 Å². The largest absolute Gasteiger partial charge is 0.370 e. The van der Waals surface area contributed by atoms with Crippen molar-refractivity contribution >= 4 is 6.21 Å². The second-order valence-corrected chi connectivity index (χ2v) is 7.38. The van der Waals surface area contributed by atoms with Crippen molar-refractivity contribution in [2.75, 3.05) is 32.8 Å². The van der Waals surface area contributed by atoms with Crippen LogP contribution in [0.25, 0.3) is 0 Å². The quantitative estimate of drug-likeness (QED) is 0.521. The molecule has 0 aromatic carbocycles. The van der Waals surface area contributed by atoms with Crippen LogP contribution in [-0.2, 0) is 4.74 Å². The van der Waals surface area contributed by atoms with Gasteiger partial charge in [0.25, 0.3) is 0 Å². The van der Waals surface area contributed by atoms with Crippen LogP contribution in [0.5, 0.6) is 0 Å². The maximum atomic E-state index is 6.37. The Morgan fingerprint density at radius 2 is 2.15 bits per heavy atom. The van der Waals surface area contributed by atoms with E-state index in [2.05, 4.69) is 54.4 Å². The predicted octanol–water partition coefficient (Wildman–Crippen LogP) is 4.39. The van der Waals surface area contributed by atoms with Crippen LogP contribution < -0.4 is 0 Å². The van der Waals surface area contributed by atoms with Crippen LogP contribution in [0, 0.1) is 5.92 Å². The minimum absolute atomic E-state index is 0.179. The molecule has 1 spiro atoms. The first-order chi connectivity index (χ1) is 12.6. The van der Waals surface area contributed by atoms with Gasteiger partial charge in [-0.3, -0.25) is 5.01 Å². The fourth-order valence-electron chi connectivity index (χ4n) is 3.76. The number of allylic oxidation sites excluding steroid dienone is 3. The second kappa shape index (κ2) is 10.5. The number of hydrogen-bond acceptors (Lipinski definition) is 4. The molecule has 144 valence electrons. The number of rotatable bonds is 6. The lowest BCUT2D eigenvalue weighted by Crippen LogP contribution is -2.48. The van der Waals surface area contributed by atoms with Crippen molar-refractivity contribution in [1.82, 2.24) is 9.91 Å². The van der Waals surface area contributed by atoms with E-state index in [4.69, 9.17) is 4.74 Å². The summed E-state index contributed by atoms with van der Waals surface area (Å²) in [7, 11) is 0. The van der Waals surface area contributed by atoms with Crippen molar-refractivity contribution in [2.45, 2.75) is 45.1 Å². The Kier molecular flexibility index (Phi) is 8.33. The van der Waals surface area contributed by atoms with E-state index in [0.29, 0.717) is 5.92 Å². The molecule has 0 N–H and O–H groups in total. The summed E-state index contributed by atoms with van der Waals surface area (Å²) in [5.74, 6) is 0.531. The van der Waals surface area contributed by atoms with Crippen molar-refractivity contribution in [1.29, 1.82) is 0 Å². The third-order valence-corrected chi connectivity index (χ3v) is 5.23. The van der Waals surface area contributed by atoms with E-state index >= 15 is 0 Å². The van der Waals surface area contributed by atoms with Crippen LogP contribution in [0.1, 0.15) is 39.5 Å². The van der Waals surface area contributed by atoms with Crippen LogP contribution in [0.4, 0.5) is 0 Å². The minimum atomic E-state index is -0.179. The highest BCUT2D eigenvalue weighted by molar-refractivity contribution is 5.52. The molecule has 4 nitrogen and oxygen atoms in total. The summed E-state index contributed by atoms with van der Waals surface area (Å²) >= 11 is 0. The molecule has 0 bridgehead atoms. The number of nitrogens with zero attached hydrogens (tertiary/aromatic N) is 3. The van der Waals surface area contributed by atoms with Crippen molar-refractivity contribution in [3.63, 3.8) is 0 Å². The lowest BCUT2D eigenvalue weighted by molar-refractivity contribution is -0.0577. The number of hydrazone groups is 1. The highest BCUT2D eigenvalue weighted by Gasteiger charge is 2.37. The summed E-state index contributed by atoms with van der Waals surface area (Å²) in [6.45, 7) is 17.3. The smallest absolute Gasteiger partial charge is 0.0949 e. The molecule has 0 aliphatic carbocycles. The maximum Gasteiger partial charge on any atom is 0.0949 e. The molecule has 0 aromatic heterocycles. The monoisotopic (exact) mass is 357 g/mol. The number of piperidine rings is 1. The summed E-state index contributed by atoms with van der Waals surface area (Å²) in [5.41, 5.74) is 0.938. The molecule has 2 heterocycles. The lowest BCUT2D eigenvalue weighted by Gasteiger charge is -2.43. The zero-order valence-electron chi connectivity index (χ0n) is 16.6. The molecule has 0 aromatic rings. The van der Waals surface area contributed by atoms with Gasteiger partial charge in [-0.25, -0.2) is 0 Å². The van der Waals surface area contributed by atoms with Gasteiger partial charge in [-0.15, -0.1) is 0 Å². The lowest BCUT2D eigenvalue weighted by atomic mass is 9.83. The van der Waals surface area contributed by atoms with Gasteiger partial charge in [-0.2, -0.15) is 5.10 Å². The van der Waals surface area contributed by atoms with Gasteiger partial charge in [0, 0.05) is 45.2 Å². The van der Waals surface area contributed by atoms with Crippen LogP contribution in [0.15, 0.2) is 54.3 Å². The first kappa shape index (κ1) is 20.7. The predicted molar refractivity (Wildman–Crippen MR) is 111 cm³/mol. The molecule has 0 radical (unpaired) electrons. The highest BCUT2D eigenvalue weighted by atomic mass is 16.5. The molecule has 26 heavy (non-hydrogen) atoms. The second-order valence-electron chi connectivity index (χ2n) is 7.38. The topological polar surface area (TPSA) is 28.1 Å². The third-order valence-electron chi connectivity index (χ3n) is 5.23. The van der Waals surface area contributed by atoms with Gasteiger partial charge in [0.05, 0.1) is 5.60 Å². The maximum absolute atomic E-state index is 6.37. The molecule has 0 saturated carbocycles. The van der Waals surface area contributed by atoms with E-state index in [1.165, 1.54) is 0 Å². The van der Waals surface area contributed by atoms with Crippen LogP contribution in [0.3, 0.4) is 0 Å². The number of hydrogen-bond donors (Lipinski definition) is 0. The van der Waals surface area contributed by atoms with E-state index in [0.717, 1.165) is 64.0 Å². The molecule has 1 fully saturated rings. The van der Waals surface area contributed by atoms with Crippen LogP contribution in [-0.4, -0.2) is 54.5 Å². The summed E-state index contributed by atoms with van der Waals surface area (Å²) in [5, 5.41) is 6.23. The van der Waals surface area contributed by atoms with Crippen LogP contribution in [0.2, 0.25) is 0 Å². The zero-order valence-corrected chi connectivity index (χ0v) is 16.6. The van der Waals surface area contributed by atoms with Gasteiger partial charge in [-0.1, -0.05) is 44.4 Å². The Bertz CT molecular complexity index is 542. The molecule has 0 amide bonds. The first-order valence-electron chi connectivity index (χ1n) is 9.86. The third kappa shape index (κ3) is 5.96. The Balaban J connectivity index is 1.90. The zero-order chi connectivity index (χ0) is 18.8. The Hall–Kier alpha value is -1.65. The molecule has 1 saturated heterocycles. The summed E-state index contributed by atoms with van der Waals surface area (Å²) in [4.78, 5) is 2.55. The van der Waals surface area contributed by atoms with Gasteiger partial charge in [0.1, 0.15) is 0 Å². The fraction of sp³-hybridized carbons (Fsp3) is 0.591. The van der Waals surface area contributed by atoms with Gasteiger partial charge in [0.2, 0.25) is 0 Å². The average molecular weight is 358 g/mol. The molecule has 4 heteroatoms. The molecule has 2 aliphatic rings. The highest BCUT2D eigenvalue weighted by Crippen LogP contribution is 2.34. The number of likely N-dealkylation sites (tertiary alicyclic amines) is 1. The molecule has 1 atom stereocenters. The van der Waals surface area contributed by atoms with E-state index in [1.807, 2.05) is 18.1 Å². The van der Waals surface area contributed by atoms with Gasteiger partial charge in [0.15, 0.2) is 0 Å². The minimum Gasteiger partial charge on any atom is -0.370 e. The summed E-state index contributed by atoms with van der Waals surface area (Å²) < 4.78 is 6.37.